The molecule has 4 rings (SSSR count). The van der Waals surface area contributed by atoms with Gasteiger partial charge in [-0.3, -0.25) is 5.10 Å². The number of carboxylic acid groups (broad SMARTS) is 1. The molecule has 146 valence electrons. The Morgan fingerprint density at radius 3 is 2.34 bits per heavy atom. The fraction of sp³-hybridized carbons (Fsp3) is 0.174. The minimum absolute atomic E-state index is 0.169. The summed E-state index contributed by atoms with van der Waals surface area (Å²) in [6.07, 6.45) is 0.942. The molecule has 29 heavy (non-hydrogen) atoms. The first-order valence-corrected chi connectivity index (χ1v) is 9.55. The van der Waals surface area contributed by atoms with Crippen molar-refractivity contribution in [3.63, 3.8) is 0 Å². The number of carbonyl (C=O) groups is 1. The Balaban J connectivity index is 1.83. The van der Waals surface area contributed by atoms with E-state index in [-0.39, 0.29) is 5.56 Å². The molecule has 0 saturated heterocycles. The van der Waals surface area contributed by atoms with Crippen LogP contribution in [0.1, 0.15) is 29.8 Å². The van der Waals surface area contributed by atoms with Crippen LogP contribution in [0.3, 0.4) is 0 Å². The average molecular weight is 387 g/mol. The van der Waals surface area contributed by atoms with Crippen LogP contribution in [0.25, 0.3) is 33.5 Å². The third-order valence-electron chi connectivity index (χ3n) is 4.87. The van der Waals surface area contributed by atoms with Crippen molar-refractivity contribution in [2.24, 2.45) is 0 Å². The van der Waals surface area contributed by atoms with E-state index < -0.39 is 5.97 Å². The van der Waals surface area contributed by atoms with Crippen molar-refractivity contribution in [1.29, 1.82) is 0 Å². The molecule has 2 N–H and O–H groups in total. The lowest BCUT2D eigenvalue weighted by Gasteiger charge is -2.07. The molecule has 6 heteroatoms. The van der Waals surface area contributed by atoms with Crippen LogP contribution in [0, 0.1) is 0 Å². The highest BCUT2D eigenvalue weighted by atomic mass is 16.5. The second-order valence-electron chi connectivity index (χ2n) is 6.67. The summed E-state index contributed by atoms with van der Waals surface area (Å²) in [5.74, 6) is -0.259. The maximum Gasteiger partial charge on any atom is 0.336 e. The van der Waals surface area contributed by atoms with Gasteiger partial charge in [0.05, 0.1) is 28.9 Å². The van der Waals surface area contributed by atoms with Crippen molar-refractivity contribution in [2.45, 2.75) is 20.3 Å². The molecule has 0 aliphatic rings. The van der Waals surface area contributed by atoms with E-state index in [1.807, 2.05) is 55.5 Å². The SMILES string of the molecule is CCOc1ccc(-c2cc(C(=O)O)c3c(-c4ccc(CC)cc4)[nH]nc3n2)cc1. The number of aryl methyl sites for hydroxylation is 1. The first-order chi connectivity index (χ1) is 14.1. The summed E-state index contributed by atoms with van der Waals surface area (Å²) in [5, 5.41) is 17.6. The van der Waals surface area contributed by atoms with E-state index in [2.05, 4.69) is 22.1 Å². The summed E-state index contributed by atoms with van der Waals surface area (Å²) in [4.78, 5) is 16.6. The number of aromatic amines is 1. The summed E-state index contributed by atoms with van der Waals surface area (Å²) in [6, 6.07) is 17.0. The van der Waals surface area contributed by atoms with E-state index in [0.29, 0.717) is 29.0 Å². The van der Waals surface area contributed by atoms with Crippen LogP contribution in [0.15, 0.2) is 54.6 Å². The number of hydrogen-bond donors (Lipinski definition) is 2. The smallest absolute Gasteiger partial charge is 0.336 e. The molecule has 4 aromatic rings. The zero-order valence-electron chi connectivity index (χ0n) is 16.3. The predicted molar refractivity (Wildman–Crippen MR) is 112 cm³/mol. The molecule has 0 bridgehead atoms. The quantitative estimate of drug-likeness (QED) is 0.489. The van der Waals surface area contributed by atoms with Crippen molar-refractivity contribution >= 4 is 17.0 Å². The lowest BCUT2D eigenvalue weighted by Crippen LogP contribution is -2.00. The fourth-order valence-electron chi connectivity index (χ4n) is 3.34. The van der Waals surface area contributed by atoms with Crippen molar-refractivity contribution in [3.8, 4) is 28.3 Å². The van der Waals surface area contributed by atoms with Crippen LogP contribution < -0.4 is 4.74 Å². The van der Waals surface area contributed by atoms with Gasteiger partial charge in [0, 0.05) is 11.1 Å². The molecule has 0 unspecified atom stereocenters. The van der Waals surface area contributed by atoms with Gasteiger partial charge in [0.15, 0.2) is 5.65 Å². The Kier molecular flexibility index (Phi) is 4.99. The van der Waals surface area contributed by atoms with Crippen molar-refractivity contribution < 1.29 is 14.6 Å². The van der Waals surface area contributed by atoms with Crippen molar-refractivity contribution in [3.05, 3.63) is 65.7 Å². The number of nitrogens with zero attached hydrogens (tertiary/aromatic N) is 2. The summed E-state index contributed by atoms with van der Waals surface area (Å²) in [5.41, 5.74) is 4.65. The number of rotatable bonds is 6. The Morgan fingerprint density at radius 2 is 1.72 bits per heavy atom. The number of nitrogens with one attached hydrogen (secondary N) is 1. The molecule has 0 fully saturated rings. The van der Waals surface area contributed by atoms with Gasteiger partial charge in [0.25, 0.3) is 0 Å². The number of pyridine rings is 1. The molecule has 6 nitrogen and oxygen atoms in total. The lowest BCUT2D eigenvalue weighted by atomic mass is 10.0. The molecular weight excluding hydrogens is 366 g/mol. The largest absolute Gasteiger partial charge is 0.494 e. The Hall–Kier alpha value is -3.67. The number of carboxylic acids is 1. The molecule has 0 aliphatic heterocycles. The van der Waals surface area contributed by atoms with Gasteiger partial charge in [0.2, 0.25) is 0 Å². The molecule has 0 radical (unpaired) electrons. The second-order valence-corrected chi connectivity index (χ2v) is 6.67. The van der Waals surface area contributed by atoms with E-state index in [4.69, 9.17) is 4.74 Å². The van der Waals surface area contributed by atoms with E-state index in [1.165, 1.54) is 5.56 Å². The average Bonchev–Trinajstić information content (AvgIpc) is 3.18. The van der Waals surface area contributed by atoms with E-state index >= 15 is 0 Å². The standard InChI is InChI=1S/C23H21N3O3/c1-3-14-5-7-16(8-6-14)21-20-18(23(27)28)13-19(24-22(20)26-25-21)15-9-11-17(12-10-15)29-4-2/h5-13H,3-4H2,1-2H3,(H,27,28)(H,24,25,26). The van der Waals surface area contributed by atoms with E-state index in [0.717, 1.165) is 23.3 Å². The van der Waals surface area contributed by atoms with Crippen LogP contribution in [0.2, 0.25) is 0 Å². The van der Waals surface area contributed by atoms with Crippen LogP contribution in [-0.2, 0) is 6.42 Å². The van der Waals surface area contributed by atoms with Gasteiger partial charge >= 0.3 is 5.97 Å². The van der Waals surface area contributed by atoms with Crippen LogP contribution >= 0.6 is 0 Å². The molecule has 0 aliphatic carbocycles. The van der Waals surface area contributed by atoms with Crippen LogP contribution in [0.5, 0.6) is 5.75 Å². The number of ether oxygens (including phenoxy) is 1. The third-order valence-corrected chi connectivity index (χ3v) is 4.87. The molecule has 0 amide bonds. The maximum absolute atomic E-state index is 12.0. The molecule has 0 saturated carbocycles. The van der Waals surface area contributed by atoms with Gasteiger partial charge in [-0.1, -0.05) is 31.2 Å². The summed E-state index contributed by atoms with van der Waals surface area (Å²) in [6.45, 7) is 4.60. The predicted octanol–water partition coefficient (Wildman–Crippen LogP) is 4.95. The molecule has 2 heterocycles. The van der Waals surface area contributed by atoms with Gasteiger partial charge < -0.3 is 9.84 Å². The zero-order chi connectivity index (χ0) is 20.4. The van der Waals surface area contributed by atoms with Gasteiger partial charge in [-0.25, -0.2) is 9.78 Å². The number of aromatic carboxylic acids is 1. The maximum atomic E-state index is 12.0. The first kappa shape index (κ1) is 18.7. The molecule has 2 aromatic carbocycles. The molecule has 2 aromatic heterocycles. The highest BCUT2D eigenvalue weighted by Crippen LogP contribution is 2.32. The monoisotopic (exact) mass is 387 g/mol. The summed E-state index contributed by atoms with van der Waals surface area (Å²) < 4.78 is 5.47. The summed E-state index contributed by atoms with van der Waals surface area (Å²) >= 11 is 0. The fourth-order valence-corrected chi connectivity index (χ4v) is 3.34. The van der Waals surface area contributed by atoms with Crippen LogP contribution in [-0.4, -0.2) is 32.9 Å². The van der Waals surface area contributed by atoms with Gasteiger partial charge in [0.1, 0.15) is 5.75 Å². The zero-order valence-corrected chi connectivity index (χ0v) is 16.3. The Morgan fingerprint density at radius 1 is 1.03 bits per heavy atom. The Labute approximate surface area is 168 Å². The minimum atomic E-state index is -1.02. The van der Waals surface area contributed by atoms with Gasteiger partial charge in [-0.15, -0.1) is 0 Å². The molecular formula is C23H21N3O3. The number of aromatic nitrogens is 3. The van der Waals surface area contributed by atoms with E-state index in [9.17, 15) is 9.90 Å². The van der Waals surface area contributed by atoms with Gasteiger partial charge in [-0.05, 0) is 49.2 Å². The number of fused-ring (bicyclic) bond motifs is 1. The van der Waals surface area contributed by atoms with Crippen molar-refractivity contribution in [1.82, 2.24) is 15.2 Å². The number of H-pyrrole nitrogens is 1. The highest BCUT2D eigenvalue weighted by Gasteiger charge is 2.19. The number of hydrogen-bond acceptors (Lipinski definition) is 4. The Bertz CT molecular complexity index is 1160. The summed E-state index contributed by atoms with van der Waals surface area (Å²) in [7, 11) is 0. The normalized spacial score (nSPS) is 11.0. The lowest BCUT2D eigenvalue weighted by molar-refractivity contribution is 0.0699. The number of benzene rings is 2. The molecule has 0 spiro atoms. The van der Waals surface area contributed by atoms with Crippen molar-refractivity contribution in [2.75, 3.05) is 6.61 Å². The highest BCUT2D eigenvalue weighted by molar-refractivity contribution is 6.08. The van der Waals surface area contributed by atoms with Crippen LogP contribution in [0.4, 0.5) is 0 Å². The third kappa shape index (κ3) is 3.57. The first-order valence-electron chi connectivity index (χ1n) is 9.55. The van der Waals surface area contributed by atoms with E-state index in [1.54, 1.807) is 6.07 Å². The van der Waals surface area contributed by atoms with Gasteiger partial charge in [-0.2, -0.15) is 5.10 Å². The second kappa shape index (κ2) is 7.75. The minimum Gasteiger partial charge on any atom is -0.494 e. The topological polar surface area (TPSA) is 88.1 Å². The molecule has 0 atom stereocenters.